The van der Waals surface area contributed by atoms with Gasteiger partial charge in [0.1, 0.15) is 0 Å². The molecule has 0 aliphatic heterocycles. The van der Waals surface area contributed by atoms with E-state index >= 15 is 0 Å². The van der Waals surface area contributed by atoms with Crippen molar-refractivity contribution in [1.29, 1.82) is 0 Å². The number of nitrogens with two attached hydrogens (primary N) is 1. The summed E-state index contributed by atoms with van der Waals surface area (Å²) in [6.07, 6.45) is 1.37. The van der Waals surface area contributed by atoms with Crippen LogP contribution in [0.3, 0.4) is 0 Å². The number of aliphatic imine (C=N–C) groups is 1. The molecule has 0 aliphatic rings. The van der Waals surface area contributed by atoms with Crippen LogP contribution < -0.4 is 5.73 Å². The van der Waals surface area contributed by atoms with Gasteiger partial charge in [0.2, 0.25) is 11.9 Å². The fourth-order valence-electron chi connectivity index (χ4n) is 0.158. The number of hydrogen-bond acceptors (Lipinski definition) is 4. The van der Waals surface area contributed by atoms with Crippen molar-refractivity contribution in [1.82, 2.24) is 0 Å². The van der Waals surface area contributed by atoms with Gasteiger partial charge in [-0.25, -0.2) is 4.79 Å². The van der Waals surface area contributed by atoms with Crippen LogP contribution in [0.15, 0.2) is 4.99 Å². The van der Waals surface area contributed by atoms with E-state index in [0.717, 1.165) is 6.08 Å². The molecule has 0 heterocycles. The Morgan fingerprint density at radius 2 is 2.50 bits per heavy atom. The minimum Gasteiger partial charge on any atom is -0.357 e. The molecule has 8 heavy (non-hydrogen) atoms. The molecular formula is C4H8N2O2. The quantitative estimate of drug-likeness (QED) is 0.285. The monoisotopic (exact) mass is 116 g/mol. The van der Waals surface area contributed by atoms with Gasteiger partial charge in [-0.2, -0.15) is 4.99 Å². The first kappa shape index (κ1) is 7.30. The lowest BCUT2D eigenvalue weighted by molar-refractivity contribution is 0.0528. The molecule has 0 aromatic heterocycles. The second-order valence-electron chi connectivity index (χ2n) is 1.44. The summed E-state index contributed by atoms with van der Waals surface area (Å²) in [5, 5.41) is 8.67. The first-order chi connectivity index (χ1) is 3.62. The first-order valence-corrected chi connectivity index (χ1v) is 2.22. The lowest BCUT2D eigenvalue weighted by Crippen LogP contribution is -2.35. The fourth-order valence-corrected chi connectivity index (χ4v) is 0.158. The highest BCUT2D eigenvalue weighted by Crippen LogP contribution is 1.99. The molecule has 46 valence electrons. The molecule has 0 aromatic rings. The Labute approximate surface area is 47.0 Å². The molecular weight excluding hydrogens is 108 g/mol. The lowest BCUT2D eigenvalue weighted by Gasteiger charge is -2.10. The third-order valence-electron chi connectivity index (χ3n) is 0.760. The SMILES string of the molecule is CCC(N)(O)N=C=O. The van der Waals surface area contributed by atoms with Gasteiger partial charge in [-0.3, -0.25) is 5.73 Å². The van der Waals surface area contributed by atoms with Crippen LogP contribution in [0, 0.1) is 0 Å². The Bertz CT molecular complexity index is 115. The molecule has 0 amide bonds. The van der Waals surface area contributed by atoms with E-state index in [9.17, 15) is 4.79 Å². The highest BCUT2D eigenvalue weighted by molar-refractivity contribution is 5.33. The van der Waals surface area contributed by atoms with Gasteiger partial charge in [0.15, 0.2) is 0 Å². The standard InChI is InChI=1S/C4H8N2O2/c1-2-4(5,8)6-3-7/h8H,2,5H2,1H3. The van der Waals surface area contributed by atoms with E-state index < -0.39 is 5.85 Å². The number of isocyanates is 1. The molecule has 3 N–H and O–H groups in total. The molecule has 0 fully saturated rings. The Hall–Kier alpha value is -0.700. The first-order valence-electron chi connectivity index (χ1n) is 2.22. The number of rotatable bonds is 2. The summed E-state index contributed by atoms with van der Waals surface area (Å²) in [5.74, 6) is -1.71. The maximum Gasteiger partial charge on any atom is 0.239 e. The smallest absolute Gasteiger partial charge is 0.239 e. The summed E-state index contributed by atoms with van der Waals surface area (Å²) in [6.45, 7) is 1.61. The normalized spacial score (nSPS) is 16.4. The van der Waals surface area contributed by atoms with Crippen molar-refractivity contribution in [2.75, 3.05) is 0 Å². The molecule has 0 aliphatic carbocycles. The maximum absolute atomic E-state index is 9.45. The number of nitrogens with zero attached hydrogens (tertiary/aromatic N) is 1. The van der Waals surface area contributed by atoms with E-state index in [1.807, 2.05) is 0 Å². The van der Waals surface area contributed by atoms with Crippen LogP contribution >= 0.6 is 0 Å². The lowest BCUT2D eigenvalue weighted by atomic mass is 10.3. The molecule has 0 saturated carbocycles. The van der Waals surface area contributed by atoms with Crippen molar-refractivity contribution in [2.45, 2.75) is 19.2 Å². The topological polar surface area (TPSA) is 75.7 Å². The van der Waals surface area contributed by atoms with E-state index in [1.165, 1.54) is 0 Å². The van der Waals surface area contributed by atoms with Gasteiger partial charge in [0.05, 0.1) is 0 Å². The molecule has 4 nitrogen and oxygen atoms in total. The van der Waals surface area contributed by atoms with Crippen molar-refractivity contribution in [3.05, 3.63) is 0 Å². The summed E-state index contributed by atoms with van der Waals surface area (Å²) in [6, 6.07) is 0. The van der Waals surface area contributed by atoms with E-state index in [1.54, 1.807) is 6.92 Å². The summed E-state index contributed by atoms with van der Waals surface area (Å²) < 4.78 is 0. The van der Waals surface area contributed by atoms with Crippen molar-refractivity contribution < 1.29 is 9.90 Å². The fraction of sp³-hybridized carbons (Fsp3) is 0.750. The van der Waals surface area contributed by atoms with Crippen LogP contribution in [0.1, 0.15) is 13.3 Å². The molecule has 1 unspecified atom stereocenters. The Morgan fingerprint density at radius 1 is 2.00 bits per heavy atom. The van der Waals surface area contributed by atoms with Gasteiger partial charge in [-0.05, 0) is 0 Å². The average molecular weight is 116 g/mol. The van der Waals surface area contributed by atoms with E-state index in [-0.39, 0.29) is 6.42 Å². The van der Waals surface area contributed by atoms with E-state index in [4.69, 9.17) is 10.8 Å². The minimum atomic E-state index is -1.71. The highest BCUT2D eigenvalue weighted by Gasteiger charge is 2.14. The number of hydrogen-bond donors (Lipinski definition) is 2. The highest BCUT2D eigenvalue weighted by atomic mass is 16.3. The molecule has 4 heteroatoms. The zero-order chi connectivity index (χ0) is 6.62. The summed E-state index contributed by atoms with van der Waals surface area (Å²) in [7, 11) is 0. The van der Waals surface area contributed by atoms with Crippen LogP contribution in [0.25, 0.3) is 0 Å². The molecule has 0 rings (SSSR count). The molecule has 1 atom stereocenters. The van der Waals surface area contributed by atoms with E-state index in [2.05, 4.69) is 4.99 Å². The van der Waals surface area contributed by atoms with Gasteiger partial charge < -0.3 is 5.11 Å². The number of aliphatic hydroxyl groups is 1. The van der Waals surface area contributed by atoms with Crippen LogP contribution in [-0.4, -0.2) is 17.0 Å². The average Bonchev–Trinajstić information content (AvgIpc) is 1.67. The van der Waals surface area contributed by atoms with Crippen LogP contribution in [0.4, 0.5) is 0 Å². The van der Waals surface area contributed by atoms with Crippen molar-refractivity contribution in [2.24, 2.45) is 10.7 Å². The second-order valence-corrected chi connectivity index (χ2v) is 1.44. The van der Waals surface area contributed by atoms with Crippen LogP contribution in [0.5, 0.6) is 0 Å². The molecule has 0 saturated heterocycles. The third-order valence-corrected chi connectivity index (χ3v) is 0.760. The van der Waals surface area contributed by atoms with E-state index in [0.29, 0.717) is 0 Å². The Morgan fingerprint density at radius 3 is 2.62 bits per heavy atom. The minimum absolute atomic E-state index is 0.211. The predicted molar refractivity (Wildman–Crippen MR) is 27.5 cm³/mol. The van der Waals surface area contributed by atoms with Crippen LogP contribution in [-0.2, 0) is 4.79 Å². The predicted octanol–water partition coefficient (Wildman–Crippen LogP) is -0.663. The van der Waals surface area contributed by atoms with Crippen molar-refractivity contribution in [3.63, 3.8) is 0 Å². The largest absolute Gasteiger partial charge is 0.357 e. The Kier molecular flexibility index (Phi) is 2.34. The Balaban J connectivity index is 3.90. The second kappa shape index (κ2) is 2.57. The zero-order valence-corrected chi connectivity index (χ0v) is 4.59. The molecule has 0 radical (unpaired) electrons. The van der Waals surface area contributed by atoms with Crippen molar-refractivity contribution in [3.8, 4) is 0 Å². The van der Waals surface area contributed by atoms with Gasteiger partial charge in [0.25, 0.3) is 0 Å². The third kappa shape index (κ3) is 2.47. The van der Waals surface area contributed by atoms with Gasteiger partial charge in [-0.15, -0.1) is 0 Å². The van der Waals surface area contributed by atoms with Gasteiger partial charge in [-0.1, -0.05) is 6.92 Å². The summed E-state index contributed by atoms with van der Waals surface area (Å²) in [4.78, 5) is 12.4. The maximum atomic E-state index is 9.45. The summed E-state index contributed by atoms with van der Waals surface area (Å²) in [5.41, 5.74) is 4.95. The molecule has 0 aromatic carbocycles. The van der Waals surface area contributed by atoms with Gasteiger partial charge in [0, 0.05) is 6.42 Å². The molecule has 0 bridgehead atoms. The number of carbonyl (C=O) groups excluding carboxylic acids is 1. The van der Waals surface area contributed by atoms with Crippen LogP contribution in [0.2, 0.25) is 0 Å². The molecule has 0 spiro atoms. The zero-order valence-electron chi connectivity index (χ0n) is 4.59. The van der Waals surface area contributed by atoms with Gasteiger partial charge >= 0.3 is 0 Å². The summed E-state index contributed by atoms with van der Waals surface area (Å²) >= 11 is 0. The van der Waals surface area contributed by atoms with Crippen molar-refractivity contribution >= 4 is 6.08 Å².